The first-order valence-electron chi connectivity index (χ1n) is 6.25. The van der Waals surface area contributed by atoms with E-state index < -0.39 is 0 Å². The van der Waals surface area contributed by atoms with Crippen LogP contribution in [0.5, 0.6) is 0 Å². The zero-order valence-corrected chi connectivity index (χ0v) is 13.0. The number of hydrogen-bond acceptors (Lipinski definition) is 4. The van der Waals surface area contributed by atoms with Crippen LogP contribution < -0.4 is 5.32 Å². The predicted molar refractivity (Wildman–Crippen MR) is 83.6 cm³/mol. The minimum absolute atomic E-state index is 0.0834. The number of benzene rings is 1. The van der Waals surface area contributed by atoms with Gasteiger partial charge in [-0.1, -0.05) is 30.3 Å². The molecule has 1 aromatic carbocycles. The lowest BCUT2D eigenvalue weighted by atomic mass is 10.1. The molecule has 0 bridgehead atoms. The monoisotopic (exact) mass is 348 g/mol. The third kappa shape index (κ3) is 3.17. The Hall–Kier alpha value is -1.43. The van der Waals surface area contributed by atoms with Crippen molar-refractivity contribution in [2.45, 2.75) is 12.6 Å². The van der Waals surface area contributed by atoms with Crippen molar-refractivity contribution in [2.24, 2.45) is 0 Å². The molecule has 0 amide bonds. The highest BCUT2D eigenvalue weighted by Crippen LogP contribution is 2.24. The molecule has 0 aliphatic heterocycles. The van der Waals surface area contributed by atoms with Gasteiger partial charge in [0.2, 0.25) is 0 Å². The molecule has 3 aromatic rings. The summed E-state index contributed by atoms with van der Waals surface area (Å²) in [6, 6.07) is 14.3. The Morgan fingerprint density at radius 2 is 2.05 bits per heavy atom. The van der Waals surface area contributed by atoms with Crippen molar-refractivity contribution in [1.29, 1.82) is 0 Å². The first-order chi connectivity index (χ1) is 9.83. The smallest absolute Gasteiger partial charge is 0.169 e. The second kappa shape index (κ2) is 6.35. The zero-order valence-electron chi connectivity index (χ0n) is 10.6. The molecule has 0 radical (unpaired) electrons. The summed E-state index contributed by atoms with van der Waals surface area (Å²) in [5.74, 6) is 0.898. The number of nitrogens with one attached hydrogen (secondary N) is 1. The highest BCUT2D eigenvalue weighted by atomic mass is 79.9. The minimum atomic E-state index is 0.0834. The molecule has 3 nitrogen and oxygen atoms in total. The van der Waals surface area contributed by atoms with Crippen molar-refractivity contribution < 1.29 is 4.42 Å². The maximum atomic E-state index is 5.52. The van der Waals surface area contributed by atoms with Crippen LogP contribution in [0.4, 0.5) is 0 Å². The fraction of sp³-hybridized carbons (Fsp3) is 0.133. The van der Waals surface area contributed by atoms with Crippen LogP contribution in [0.1, 0.15) is 22.4 Å². The van der Waals surface area contributed by atoms with Gasteiger partial charge >= 0.3 is 0 Å². The summed E-state index contributed by atoms with van der Waals surface area (Å²) in [5, 5.41) is 6.56. The number of hydrogen-bond donors (Lipinski definition) is 1. The Labute approximate surface area is 129 Å². The molecule has 0 fully saturated rings. The lowest BCUT2D eigenvalue weighted by Gasteiger charge is -2.16. The van der Waals surface area contributed by atoms with Gasteiger partial charge in [-0.2, -0.15) is 0 Å². The molecule has 102 valence electrons. The normalized spacial score (nSPS) is 12.4. The average molecular weight is 349 g/mol. The number of rotatable bonds is 5. The van der Waals surface area contributed by atoms with Gasteiger partial charge in [0.15, 0.2) is 4.67 Å². The van der Waals surface area contributed by atoms with Crippen molar-refractivity contribution in [3.05, 3.63) is 75.0 Å². The fourth-order valence-electron chi connectivity index (χ4n) is 2.02. The van der Waals surface area contributed by atoms with Crippen LogP contribution in [0, 0.1) is 0 Å². The van der Waals surface area contributed by atoms with Gasteiger partial charge in [0.05, 0.1) is 12.6 Å². The summed E-state index contributed by atoms with van der Waals surface area (Å²) < 4.78 is 6.27. The second-order valence-electron chi connectivity index (χ2n) is 4.30. The Morgan fingerprint density at radius 3 is 2.70 bits per heavy atom. The van der Waals surface area contributed by atoms with Crippen molar-refractivity contribution in [2.75, 3.05) is 0 Å². The van der Waals surface area contributed by atoms with Crippen LogP contribution in [-0.4, -0.2) is 4.98 Å². The van der Waals surface area contributed by atoms with Gasteiger partial charge in [-0.3, -0.25) is 5.32 Å². The van der Waals surface area contributed by atoms with E-state index in [1.807, 2.05) is 41.9 Å². The van der Waals surface area contributed by atoms with Crippen LogP contribution in [-0.2, 0) is 6.54 Å². The Bertz CT molecular complexity index is 652. The van der Waals surface area contributed by atoms with Crippen LogP contribution in [0.2, 0.25) is 0 Å². The SMILES string of the molecule is Brc1ccc(CN[C@H](c2ccccc2)c2nccs2)o1. The Balaban J connectivity index is 1.80. The molecular weight excluding hydrogens is 336 g/mol. The fourth-order valence-corrected chi connectivity index (χ4v) is 3.10. The van der Waals surface area contributed by atoms with Crippen molar-refractivity contribution in [3.8, 4) is 0 Å². The molecule has 1 atom stereocenters. The summed E-state index contributed by atoms with van der Waals surface area (Å²) in [5.41, 5.74) is 1.20. The van der Waals surface area contributed by atoms with E-state index in [1.54, 1.807) is 11.3 Å². The van der Waals surface area contributed by atoms with Crippen LogP contribution in [0.3, 0.4) is 0 Å². The average Bonchev–Trinajstić information content (AvgIpc) is 3.12. The summed E-state index contributed by atoms with van der Waals surface area (Å²) >= 11 is 4.97. The molecule has 0 saturated heterocycles. The number of thiazole rings is 1. The second-order valence-corrected chi connectivity index (χ2v) is 6.01. The van der Waals surface area contributed by atoms with Gasteiger partial charge in [0.25, 0.3) is 0 Å². The number of aromatic nitrogens is 1. The van der Waals surface area contributed by atoms with Crippen molar-refractivity contribution in [1.82, 2.24) is 10.3 Å². The third-order valence-corrected chi connectivity index (χ3v) is 4.21. The molecule has 2 aromatic heterocycles. The van der Waals surface area contributed by atoms with Crippen molar-refractivity contribution >= 4 is 27.3 Å². The third-order valence-electron chi connectivity index (χ3n) is 2.94. The van der Waals surface area contributed by atoms with Gasteiger partial charge in [-0.25, -0.2) is 4.98 Å². The molecule has 20 heavy (non-hydrogen) atoms. The zero-order chi connectivity index (χ0) is 13.8. The summed E-state index contributed by atoms with van der Waals surface area (Å²) in [7, 11) is 0. The van der Waals surface area contributed by atoms with Gasteiger partial charge in [-0.05, 0) is 33.6 Å². The van der Waals surface area contributed by atoms with Gasteiger partial charge in [0.1, 0.15) is 10.8 Å². The molecule has 0 aliphatic carbocycles. The van der Waals surface area contributed by atoms with Gasteiger partial charge < -0.3 is 4.42 Å². The van der Waals surface area contributed by atoms with E-state index in [0.717, 1.165) is 15.4 Å². The van der Waals surface area contributed by atoms with E-state index in [9.17, 15) is 0 Å². The molecule has 0 unspecified atom stereocenters. The minimum Gasteiger partial charge on any atom is -0.453 e. The maximum Gasteiger partial charge on any atom is 0.169 e. The summed E-state index contributed by atoms with van der Waals surface area (Å²) in [6.45, 7) is 0.657. The molecule has 2 heterocycles. The Kier molecular flexibility index (Phi) is 4.30. The molecule has 5 heteroatoms. The maximum absolute atomic E-state index is 5.52. The molecule has 0 spiro atoms. The lowest BCUT2D eigenvalue weighted by molar-refractivity contribution is 0.453. The first kappa shape index (κ1) is 13.5. The van der Waals surface area contributed by atoms with Crippen LogP contribution >= 0.6 is 27.3 Å². The quantitative estimate of drug-likeness (QED) is 0.743. The molecule has 0 saturated carbocycles. The van der Waals surface area contributed by atoms with Crippen molar-refractivity contribution in [3.63, 3.8) is 0 Å². The largest absolute Gasteiger partial charge is 0.453 e. The molecule has 0 aliphatic rings. The summed E-state index contributed by atoms with van der Waals surface area (Å²) in [4.78, 5) is 4.43. The van der Waals surface area contributed by atoms with E-state index >= 15 is 0 Å². The van der Waals surface area contributed by atoms with E-state index in [2.05, 4.69) is 38.4 Å². The molecule has 1 N–H and O–H groups in total. The predicted octanol–water partition coefficient (Wildman–Crippen LogP) is 4.38. The van der Waals surface area contributed by atoms with E-state index in [1.165, 1.54) is 5.56 Å². The number of halogens is 1. The van der Waals surface area contributed by atoms with E-state index in [0.29, 0.717) is 6.54 Å². The lowest BCUT2D eigenvalue weighted by Crippen LogP contribution is -2.21. The standard InChI is InChI=1S/C15H13BrN2OS/c16-13-7-6-12(19-13)10-18-14(15-17-8-9-20-15)11-4-2-1-3-5-11/h1-9,14,18H,10H2/t14-/m1/s1. The molecule has 3 rings (SSSR count). The van der Waals surface area contributed by atoms with E-state index in [-0.39, 0.29) is 6.04 Å². The molecular formula is C15H13BrN2OS. The van der Waals surface area contributed by atoms with Crippen LogP contribution in [0.15, 0.2) is 63.1 Å². The van der Waals surface area contributed by atoms with Gasteiger partial charge in [-0.15, -0.1) is 11.3 Å². The van der Waals surface area contributed by atoms with E-state index in [4.69, 9.17) is 4.42 Å². The first-order valence-corrected chi connectivity index (χ1v) is 7.92. The highest BCUT2D eigenvalue weighted by molar-refractivity contribution is 9.10. The van der Waals surface area contributed by atoms with Gasteiger partial charge in [0, 0.05) is 11.6 Å². The number of furan rings is 1. The Morgan fingerprint density at radius 1 is 1.20 bits per heavy atom. The highest BCUT2D eigenvalue weighted by Gasteiger charge is 2.16. The number of nitrogens with zero attached hydrogens (tertiary/aromatic N) is 1. The summed E-state index contributed by atoms with van der Waals surface area (Å²) in [6.07, 6.45) is 1.83. The topological polar surface area (TPSA) is 38.1 Å². The van der Waals surface area contributed by atoms with Crippen LogP contribution in [0.25, 0.3) is 0 Å².